The summed E-state index contributed by atoms with van der Waals surface area (Å²) in [6, 6.07) is 6.18. The fraction of sp³-hybridized carbons (Fsp3) is 0.500. The lowest BCUT2D eigenvalue weighted by molar-refractivity contribution is 0.290. The molecule has 0 spiro atoms. The van der Waals surface area contributed by atoms with E-state index in [0.717, 1.165) is 30.8 Å². The highest BCUT2D eigenvalue weighted by atomic mass is 35.5. The van der Waals surface area contributed by atoms with Gasteiger partial charge < -0.3 is 5.73 Å². The van der Waals surface area contributed by atoms with Crippen LogP contribution in [0.5, 0.6) is 0 Å². The minimum absolute atomic E-state index is 0.275. The van der Waals surface area contributed by atoms with Crippen molar-refractivity contribution < 1.29 is 0 Å². The number of hydrogen-bond acceptors (Lipinski definition) is 1. The molecule has 0 amide bonds. The van der Waals surface area contributed by atoms with Crippen LogP contribution in [0.1, 0.15) is 24.5 Å². The zero-order valence-electron chi connectivity index (χ0n) is 8.52. The quantitative estimate of drug-likeness (QED) is 0.757. The van der Waals surface area contributed by atoms with Crippen molar-refractivity contribution in [3.05, 3.63) is 34.3 Å². The van der Waals surface area contributed by atoms with Gasteiger partial charge in [0.15, 0.2) is 0 Å². The molecule has 2 rings (SSSR count). The van der Waals surface area contributed by atoms with Crippen molar-refractivity contribution in [3.63, 3.8) is 0 Å². The van der Waals surface area contributed by atoms with Gasteiger partial charge in [-0.2, -0.15) is 0 Å². The normalized spacial score (nSPS) is 25.9. The van der Waals surface area contributed by atoms with Gasteiger partial charge in [0.25, 0.3) is 0 Å². The Hall–Kier alpha value is -0.530. The number of fused-ring (bicyclic) bond motifs is 1. The third-order valence-corrected chi connectivity index (χ3v) is 3.66. The predicted octanol–water partition coefficient (Wildman–Crippen LogP) is 2.79. The summed E-state index contributed by atoms with van der Waals surface area (Å²) in [5.74, 6) is 0. The maximum atomic E-state index is 6.15. The van der Waals surface area contributed by atoms with Crippen molar-refractivity contribution in [2.75, 3.05) is 6.54 Å². The summed E-state index contributed by atoms with van der Waals surface area (Å²) in [6.07, 6.45) is 3.29. The standard InChI is InChI=1S/C12H16ClN/c1-12(8-14)6-5-10-9(7-12)3-2-4-11(10)13/h2-4H,5-8,14H2,1H3. The zero-order valence-corrected chi connectivity index (χ0v) is 9.27. The minimum atomic E-state index is 0.275. The predicted molar refractivity (Wildman–Crippen MR) is 60.6 cm³/mol. The van der Waals surface area contributed by atoms with E-state index < -0.39 is 0 Å². The molecule has 1 aromatic carbocycles. The fourth-order valence-corrected chi connectivity index (χ4v) is 2.49. The Morgan fingerprint density at radius 3 is 3.00 bits per heavy atom. The molecule has 2 N–H and O–H groups in total. The zero-order chi connectivity index (χ0) is 10.2. The van der Waals surface area contributed by atoms with Crippen LogP contribution in [-0.2, 0) is 12.8 Å². The van der Waals surface area contributed by atoms with E-state index in [1.807, 2.05) is 12.1 Å². The SMILES string of the molecule is CC1(CN)CCc2c(Cl)cccc2C1. The molecule has 0 bridgehead atoms. The van der Waals surface area contributed by atoms with E-state index in [9.17, 15) is 0 Å². The van der Waals surface area contributed by atoms with Gasteiger partial charge >= 0.3 is 0 Å². The molecule has 0 heterocycles. The van der Waals surface area contributed by atoms with Gasteiger partial charge in [-0.1, -0.05) is 30.7 Å². The maximum Gasteiger partial charge on any atom is 0.0440 e. The Bertz CT molecular complexity index is 348. The second kappa shape index (κ2) is 3.56. The lowest BCUT2D eigenvalue weighted by atomic mass is 9.73. The monoisotopic (exact) mass is 209 g/mol. The van der Waals surface area contributed by atoms with Crippen LogP contribution in [0.25, 0.3) is 0 Å². The molecule has 0 saturated heterocycles. The number of hydrogen-bond donors (Lipinski definition) is 1. The van der Waals surface area contributed by atoms with Crippen LogP contribution in [0, 0.1) is 5.41 Å². The van der Waals surface area contributed by atoms with Gasteiger partial charge in [-0.15, -0.1) is 0 Å². The summed E-state index contributed by atoms with van der Waals surface area (Å²) < 4.78 is 0. The van der Waals surface area contributed by atoms with E-state index in [-0.39, 0.29) is 5.41 Å². The molecule has 0 saturated carbocycles. The summed E-state index contributed by atoms with van der Waals surface area (Å²) >= 11 is 6.15. The van der Waals surface area contributed by atoms with Crippen LogP contribution in [-0.4, -0.2) is 6.54 Å². The third kappa shape index (κ3) is 1.67. The molecule has 0 fully saturated rings. The first-order valence-electron chi connectivity index (χ1n) is 5.11. The van der Waals surface area contributed by atoms with Crippen molar-refractivity contribution >= 4 is 11.6 Å². The largest absolute Gasteiger partial charge is 0.330 e. The molecule has 1 aliphatic carbocycles. The molecule has 0 aromatic heterocycles. The van der Waals surface area contributed by atoms with Gasteiger partial charge in [0.1, 0.15) is 0 Å². The summed E-state index contributed by atoms with van der Waals surface area (Å²) in [5, 5.41) is 0.918. The first-order chi connectivity index (χ1) is 6.64. The Morgan fingerprint density at radius 2 is 2.29 bits per heavy atom. The fourth-order valence-electron chi connectivity index (χ4n) is 2.20. The molecule has 14 heavy (non-hydrogen) atoms. The van der Waals surface area contributed by atoms with Crippen LogP contribution in [0.3, 0.4) is 0 Å². The molecule has 76 valence electrons. The lowest BCUT2D eigenvalue weighted by Gasteiger charge is -2.34. The smallest absolute Gasteiger partial charge is 0.0440 e. The topological polar surface area (TPSA) is 26.0 Å². The van der Waals surface area contributed by atoms with Crippen molar-refractivity contribution in [1.29, 1.82) is 0 Å². The van der Waals surface area contributed by atoms with Crippen LogP contribution in [0.4, 0.5) is 0 Å². The van der Waals surface area contributed by atoms with Gasteiger partial charge in [-0.25, -0.2) is 0 Å². The van der Waals surface area contributed by atoms with Crippen molar-refractivity contribution in [2.45, 2.75) is 26.2 Å². The summed E-state index contributed by atoms with van der Waals surface area (Å²) in [5.41, 5.74) is 8.79. The van der Waals surface area contributed by atoms with Gasteiger partial charge in [0.05, 0.1) is 0 Å². The number of rotatable bonds is 1. The average Bonchev–Trinajstić information content (AvgIpc) is 2.18. The average molecular weight is 210 g/mol. The molecule has 0 aliphatic heterocycles. The van der Waals surface area contributed by atoms with E-state index in [0.29, 0.717) is 0 Å². The van der Waals surface area contributed by atoms with Crippen molar-refractivity contribution in [2.24, 2.45) is 11.1 Å². The maximum absolute atomic E-state index is 6.15. The highest BCUT2D eigenvalue weighted by molar-refractivity contribution is 6.31. The van der Waals surface area contributed by atoms with Gasteiger partial charge in [0.2, 0.25) is 0 Å². The minimum Gasteiger partial charge on any atom is -0.330 e. The second-order valence-electron chi connectivity index (χ2n) is 4.57. The number of halogens is 1. The summed E-state index contributed by atoms with van der Waals surface area (Å²) in [6.45, 7) is 3.02. The first kappa shape index (κ1) is 10.0. The van der Waals surface area contributed by atoms with Crippen molar-refractivity contribution in [3.8, 4) is 0 Å². The summed E-state index contributed by atoms with van der Waals surface area (Å²) in [4.78, 5) is 0. The van der Waals surface area contributed by atoms with Gasteiger partial charge in [-0.3, -0.25) is 0 Å². The molecule has 0 radical (unpaired) electrons. The van der Waals surface area contributed by atoms with E-state index >= 15 is 0 Å². The summed E-state index contributed by atoms with van der Waals surface area (Å²) in [7, 11) is 0. The number of nitrogens with two attached hydrogens (primary N) is 1. The first-order valence-corrected chi connectivity index (χ1v) is 5.49. The molecular weight excluding hydrogens is 194 g/mol. The Kier molecular flexibility index (Phi) is 2.54. The molecular formula is C12H16ClN. The van der Waals surface area contributed by atoms with E-state index in [2.05, 4.69) is 13.0 Å². The van der Waals surface area contributed by atoms with Crippen LogP contribution in [0.2, 0.25) is 5.02 Å². The molecule has 1 aliphatic rings. The molecule has 2 heteroatoms. The lowest BCUT2D eigenvalue weighted by Crippen LogP contribution is -2.33. The molecule has 1 atom stereocenters. The van der Waals surface area contributed by atoms with Crippen LogP contribution >= 0.6 is 11.6 Å². The molecule has 1 aromatic rings. The highest BCUT2D eigenvalue weighted by Gasteiger charge is 2.29. The number of benzene rings is 1. The van der Waals surface area contributed by atoms with E-state index in [1.54, 1.807) is 0 Å². The Morgan fingerprint density at radius 1 is 1.50 bits per heavy atom. The van der Waals surface area contributed by atoms with Crippen LogP contribution in [0.15, 0.2) is 18.2 Å². The molecule has 1 nitrogen and oxygen atoms in total. The van der Waals surface area contributed by atoms with E-state index in [4.69, 9.17) is 17.3 Å². The van der Waals surface area contributed by atoms with Gasteiger partial charge in [0, 0.05) is 5.02 Å². The van der Waals surface area contributed by atoms with Gasteiger partial charge in [-0.05, 0) is 48.4 Å². The van der Waals surface area contributed by atoms with E-state index in [1.165, 1.54) is 11.1 Å². The van der Waals surface area contributed by atoms with Crippen molar-refractivity contribution in [1.82, 2.24) is 0 Å². The second-order valence-corrected chi connectivity index (χ2v) is 4.98. The van der Waals surface area contributed by atoms with Crippen LogP contribution < -0.4 is 5.73 Å². The highest BCUT2D eigenvalue weighted by Crippen LogP contribution is 2.36. The third-order valence-electron chi connectivity index (χ3n) is 3.30. The Labute approximate surface area is 90.3 Å². The Balaban J connectivity index is 2.36. The molecule has 1 unspecified atom stereocenters.